The minimum atomic E-state index is -0.532. The lowest BCUT2D eigenvalue weighted by molar-refractivity contribution is -0.117. The molecule has 4 N–H and O–H groups in total. The van der Waals surface area contributed by atoms with Gasteiger partial charge < -0.3 is 10.7 Å². The van der Waals surface area contributed by atoms with Crippen LogP contribution >= 0.6 is 0 Å². The van der Waals surface area contributed by atoms with Gasteiger partial charge in [0.05, 0.1) is 6.04 Å². The smallest absolute Gasteiger partial charge is 0.243 e. The van der Waals surface area contributed by atoms with Gasteiger partial charge in [0.2, 0.25) is 11.9 Å². The van der Waals surface area contributed by atoms with Gasteiger partial charge >= 0.3 is 0 Å². The number of amides is 1. The maximum absolute atomic E-state index is 11.7. The molecule has 94 valence electrons. The van der Waals surface area contributed by atoms with E-state index >= 15 is 0 Å². The second-order valence-corrected chi connectivity index (χ2v) is 4.06. The molecule has 0 saturated carbocycles. The molecule has 5 nitrogen and oxygen atoms in total. The number of nitrogens with zero attached hydrogens (tertiary/aromatic N) is 1. The number of aromatic amines is 1. The molecule has 2 rings (SSSR count). The normalized spacial score (nSPS) is 12.1. The lowest BCUT2D eigenvalue weighted by Crippen LogP contribution is -2.36. The van der Waals surface area contributed by atoms with Gasteiger partial charge in [-0.25, -0.2) is 4.98 Å². The van der Waals surface area contributed by atoms with Crippen LogP contribution in [0.3, 0.4) is 0 Å². The van der Waals surface area contributed by atoms with E-state index in [1.165, 1.54) is 5.56 Å². The Labute approximate surface area is 105 Å². The van der Waals surface area contributed by atoms with Crippen molar-refractivity contribution < 1.29 is 4.79 Å². The second-order valence-electron chi connectivity index (χ2n) is 4.06. The highest BCUT2D eigenvalue weighted by Gasteiger charge is 2.14. The first kappa shape index (κ1) is 12.3. The van der Waals surface area contributed by atoms with E-state index in [2.05, 4.69) is 15.3 Å². The summed E-state index contributed by atoms with van der Waals surface area (Å²) in [7, 11) is 0. The van der Waals surface area contributed by atoms with Crippen LogP contribution in [-0.4, -0.2) is 21.9 Å². The molecule has 0 fully saturated rings. The zero-order valence-corrected chi connectivity index (χ0v) is 9.97. The zero-order valence-electron chi connectivity index (χ0n) is 9.97. The van der Waals surface area contributed by atoms with Gasteiger partial charge in [-0.15, -0.1) is 0 Å². The van der Waals surface area contributed by atoms with Gasteiger partial charge in [0.1, 0.15) is 0 Å². The van der Waals surface area contributed by atoms with E-state index in [4.69, 9.17) is 5.73 Å². The first-order valence-corrected chi connectivity index (χ1v) is 5.85. The van der Waals surface area contributed by atoms with E-state index < -0.39 is 6.04 Å². The number of carbonyl (C=O) groups excluding carboxylic acids is 1. The number of nitrogens with two attached hydrogens (primary N) is 1. The molecule has 1 aromatic heterocycles. The first-order valence-electron chi connectivity index (χ1n) is 5.85. The van der Waals surface area contributed by atoms with Crippen molar-refractivity contribution in [1.29, 1.82) is 0 Å². The first-order chi connectivity index (χ1) is 8.75. The highest BCUT2D eigenvalue weighted by Crippen LogP contribution is 2.05. The molecule has 0 bridgehead atoms. The van der Waals surface area contributed by atoms with E-state index in [0.29, 0.717) is 12.4 Å². The predicted molar refractivity (Wildman–Crippen MR) is 70.0 cm³/mol. The van der Waals surface area contributed by atoms with Crippen LogP contribution in [0, 0.1) is 0 Å². The van der Waals surface area contributed by atoms with Gasteiger partial charge in [-0.3, -0.25) is 10.1 Å². The third-order valence-electron chi connectivity index (χ3n) is 2.66. The summed E-state index contributed by atoms with van der Waals surface area (Å²) in [5, 5.41) is 2.63. The van der Waals surface area contributed by atoms with Crippen molar-refractivity contribution in [2.45, 2.75) is 18.9 Å². The average Bonchev–Trinajstić information content (AvgIpc) is 2.90. The number of imidazole rings is 1. The highest BCUT2D eigenvalue weighted by atomic mass is 16.2. The van der Waals surface area contributed by atoms with Crippen molar-refractivity contribution in [3.8, 4) is 0 Å². The van der Waals surface area contributed by atoms with E-state index in [0.717, 1.165) is 6.42 Å². The van der Waals surface area contributed by atoms with Crippen LogP contribution in [0.25, 0.3) is 0 Å². The third-order valence-corrected chi connectivity index (χ3v) is 2.66. The zero-order chi connectivity index (χ0) is 12.8. The minimum Gasteiger partial charge on any atom is -0.331 e. The number of H-pyrrole nitrogens is 1. The standard InChI is InChI=1S/C13H16N4O/c14-11(7-6-10-4-2-1-3-5-10)12(18)17-13-15-8-9-16-13/h1-5,8-9,11H,6-7,14H2,(H2,15,16,17,18)/t11-/m0/s1. The largest absolute Gasteiger partial charge is 0.331 e. The Morgan fingerprint density at radius 2 is 2.17 bits per heavy atom. The summed E-state index contributed by atoms with van der Waals surface area (Å²) >= 11 is 0. The summed E-state index contributed by atoms with van der Waals surface area (Å²) < 4.78 is 0. The molecule has 0 aliphatic heterocycles. The third kappa shape index (κ3) is 3.43. The second kappa shape index (κ2) is 5.97. The van der Waals surface area contributed by atoms with Gasteiger partial charge in [0, 0.05) is 12.4 Å². The van der Waals surface area contributed by atoms with E-state index in [1.807, 2.05) is 30.3 Å². The van der Waals surface area contributed by atoms with Crippen molar-refractivity contribution in [2.75, 3.05) is 5.32 Å². The molecular formula is C13H16N4O. The van der Waals surface area contributed by atoms with Gasteiger partial charge in [-0.05, 0) is 18.4 Å². The van der Waals surface area contributed by atoms with Crippen molar-refractivity contribution in [3.63, 3.8) is 0 Å². The summed E-state index contributed by atoms with van der Waals surface area (Å²) in [6.07, 6.45) is 4.61. The Kier molecular flexibility index (Phi) is 4.09. The average molecular weight is 244 g/mol. The molecular weight excluding hydrogens is 228 g/mol. The Morgan fingerprint density at radius 1 is 1.39 bits per heavy atom. The fourth-order valence-corrected chi connectivity index (χ4v) is 1.64. The summed E-state index contributed by atoms with van der Waals surface area (Å²) in [6, 6.07) is 9.44. The number of anilines is 1. The molecule has 0 spiro atoms. The molecule has 18 heavy (non-hydrogen) atoms. The molecule has 2 aromatic rings. The molecule has 0 saturated heterocycles. The topological polar surface area (TPSA) is 83.8 Å². The number of aromatic nitrogens is 2. The number of benzene rings is 1. The number of hydrogen-bond acceptors (Lipinski definition) is 3. The maximum Gasteiger partial charge on any atom is 0.243 e. The van der Waals surface area contributed by atoms with Crippen LogP contribution in [0.4, 0.5) is 5.95 Å². The summed E-state index contributed by atoms with van der Waals surface area (Å²) in [5.74, 6) is 0.205. The number of nitrogens with one attached hydrogen (secondary N) is 2. The van der Waals surface area contributed by atoms with Gasteiger partial charge in [-0.1, -0.05) is 30.3 Å². The Bertz CT molecular complexity index is 481. The monoisotopic (exact) mass is 244 g/mol. The molecule has 1 atom stereocenters. The SMILES string of the molecule is N[C@@H](CCc1ccccc1)C(=O)Nc1ncc[nH]1. The van der Waals surface area contributed by atoms with Crippen LogP contribution in [0.2, 0.25) is 0 Å². The number of hydrogen-bond donors (Lipinski definition) is 3. The summed E-state index contributed by atoms with van der Waals surface area (Å²) in [6.45, 7) is 0. The lowest BCUT2D eigenvalue weighted by atomic mass is 10.1. The summed E-state index contributed by atoms with van der Waals surface area (Å²) in [5.41, 5.74) is 7.01. The highest BCUT2D eigenvalue weighted by molar-refractivity contribution is 5.93. The fraction of sp³-hybridized carbons (Fsp3) is 0.231. The van der Waals surface area contributed by atoms with Crippen LogP contribution in [0.15, 0.2) is 42.7 Å². The van der Waals surface area contributed by atoms with Gasteiger partial charge in [0.25, 0.3) is 0 Å². The molecule has 0 unspecified atom stereocenters. The molecule has 1 amide bonds. The molecule has 1 aromatic carbocycles. The summed E-state index contributed by atoms with van der Waals surface area (Å²) in [4.78, 5) is 18.4. The van der Waals surface area contributed by atoms with Crippen LogP contribution < -0.4 is 11.1 Å². The molecule has 0 aliphatic rings. The number of rotatable bonds is 5. The van der Waals surface area contributed by atoms with Gasteiger partial charge in [-0.2, -0.15) is 0 Å². The molecule has 5 heteroatoms. The lowest BCUT2D eigenvalue weighted by Gasteiger charge is -2.10. The van der Waals surface area contributed by atoms with Crippen molar-refractivity contribution in [1.82, 2.24) is 9.97 Å². The number of aryl methyl sites for hydroxylation is 1. The molecule has 0 aliphatic carbocycles. The predicted octanol–water partition coefficient (Wildman–Crippen LogP) is 1.31. The van der Waals surface area contributed by atoms with E-state index in [1.54, 1.807) is 12.4 Å². The Hall–Kier alpha value is -2.14. The Morgan fingerprint density at radius 3 is 2.83 bits per heavy atom. The van der Waals surface area contributed by atoms with Crippen molar-refractivity contribution in [3.05, 3.63) is 48.3 Å². The van der Waals surface area contributed by atoms with Crippen LogP contribution in [-0.2, 0) is 11.2 Å². The van der Waals surface area contributed by atoms with Crippen LogP contribution in [0.1, 0.15) is 12.0 Å². The fourth-order valence-electron chi connectivity index (χ4n) is 1.64. The molecule has 1 heterocycles. The minimum absolute atomic E-state index is 0.221. The van der Waals surface area contributed by atoms with E-state index in [9.17, 15) is 4.79 Å². The van der Waals surface area contributed by atoms with Crippen LogP contribution in [0.5, 0.6) is 0 Å². The van der Waals surface area contributed by atoms with Gasteiger partial charge in [0.15, 0.2) is 0 Å². The quantitative estimate of drug-likeness (QED) is 0.741. The van der Waals surface area contributed by atoms with Crippen molar-refractivity contribution in [2.24, 2.45) is 5.73 Å². The Balaban J connectivity index is 1.81. The van der Waals surface area contributed by atoms with E-state index in [-0.39, 0.29) is 5.91 Å². The maximum atomic E-state index is 11.7. The van der Waals surface area contributed by atoms with Crippen molar-refractivity contribution >= 4 is 11.9 Å². The number of carbonyl (C=O) groups is 1. The molecule has 0 radical (unpaired) electrons.